The quantitative estimate of drug-likeness (QED) is 0.571. The molecule has 0 saturated carbocycles. The highest BCUT2D eigenvalue weighted by atomic mass is 35.5. The van der Waals surface area contributed by atoms with E-state index in [1.807, 2.05) is 35.2 Å². The molecule has 1 aliphatic heterocycles. The Morgan fingerprint density at radius 3 is 2.39 bits per heavy atom. The number of nitrogens with one attached hydrogen (secondary N) is 1. The van der Waals surface area contributed by atoms with E-state index in [9.17, 15) is 13.2 Å². The van der Waals surface area contributed by atoms with Gasteiger partial charge in [0.1, 0.15) is 5.75 Å². The normalized spacial score (nSPS) is 16.5. The summed E-state index contributed by atoms with van der Waals surface area (Å²) in [4.78, 5) is 15.1. The summed E-state index contributed by atoms with van der Waals surface area (Å²) in [6.45, 7) is 3.34. The molecule has 0 aliphatic carbocycles. The number of fused-ring (bicyclic) bond motifs is 1. The van der Waals surface area contributed by atoms with Crippen molar-refractivity contribution in [1.82, 2.24) is 9.21 Å². The molecule has 4 rings (SSSR count). The van der Waals surface area contributed by atoms with Crippen LogP contribution in [-0.4, -0.2) is 62.9 Å². The number of sulfonamides is 1. The fourth-order valence-corrected chi connectivity index (χ4v) is 5.62. The number of benzene rings is 3. The topological polar surface area (TPSA) is 79.0 Å². The highest BCUT2D eigenvalue weighted by Gasteiger charge is 2.32. The van der Waals surface area contributed by atoms with Crippen molar-refractivity contribution in [2.24, 2.45) is 0 Å². The Labute approximate surface area is 198 Å². The van der Waals surface area contributed by atoms with E-state index < -0.39 is 16.1 Å². The first-order chi connectivity index (χ1) is 15.8. The van der Waals surface area contributed by atoms with Gasteiger partial charge in [-0.3, -0.25) is 9.69 Å². The molecule has 1 N–H and O–H groups in total. The first-order valence-electron chi connectivity index (χ1n) is 10.7. The second-order valence-electron chi connectivity index (χ2n) is 7.96. The minimum absolute atomic E-state index is 0.207. The summed E-state index contributed by atoms with van der Waals surface area (Å²) in [6.07, 6.45) is 0. The molecule has 1 fully saturated rings. The van der Waals surface area contributed by atoms with Crippen molar-refractivity contribution in [3.05, 3.63) is 65.7 Å². The minimum atomic E-state index is -3.61. The second-order valence-corrected chi connectivity index (χ2v) is 10.3. The molecule has 3 aromatic rings. The number of nitrogens with zero attached hydrogens (tertiary/aromatic N) is 2. The van der Waals surface area contributed by atoms with E-state index in [-0.39, 0.29) is 10.8 Å². The van der Waals surface area contributed by atoms with E-state index >= 15 is 0 Å². The second kappa shape index (κ2) is 9.69. The Morgan fingerprint density at radius 1 is 1.00 bits per heavy atom. The Hall–Kier alpha value is -2.65. The van der Waals surface area contributed by atoms with Crippen LogP contribution in [0.5, 0.6) is 5.75 Å². The lowest BCUT2D eigenvalue weighted by Gasteiger charge is -2.36. The number of piperazine rings is 1. The molecule has 1 heterocycles. The van der Waals surface area contributed by atoms with Crippen molar-refractivity contribution in [3.63, 3.8) is 0 Å². The highest BCUT2D eigenvalue weighted by molar-refractivity contribution is 7.89. The molecule has 9 heteroatoms. The van der Waals surface area contributed by atoms with Crippen LogP contribution in [0.1, 0.15) is 6.92 Å². The number of anilines is 1. The van der Waals surface area contributed by atoms with Crippen LogP contribution in [0.3, 0.4) is 0 Å². The van der Waals surface area contributed by atoms with Gasteiger partial charge >= 0.3 is 0 Å². The molecule has 1 aliphatic rings. The zero-order valence-electron chi connectivity index (χ0n) is 18.5. The van der Waals surface area contributed by atoms with Crippen molar-refractivity contribution in [2.45, 2.75) is 17.9 Å². The number of carbonyl (C=O) groups excluding carboxylic acids is 1. The zero-order valence-corrected chi connectivity index (χ0v) is 20.1. The van der Waals surface area contributed by atoms with E-state index in [0.717, 1.165) is 10.8 Å². The van der Waals surface area contributed by atoms with Gasteiger partial charge in [0.2, 0.25) is 15.9 Å². The number of hydrogen-bond acceptors (Lipinski definition) is 5. The van der Waals surface area contributed by atoms with Crippen LogP contribution in [-0.2, 0) is 14.8 Å². The van der Waals surface area contributed by atoms with Crippen molar-refractivity contribution in [2.75, 3.05) is 38.6 Å². The van der Waals surface area contributed by atoms with Gasteiger partial charge in [-0.05, 0) is 48.0 Å². The molecule has 33 heavy (non-hydrogen) atoms. The first-order valence-corrected chi connectivity index (χ1v) is 12.5. The largest absolute Gasteiger partial charge is 0.495 e. The van der Waals surface area contributed by atoms with Crippen LogP contribution in [0, 0.1) is 0 Å². The summed E-state index contributed by atoms with van der Waals surface area (Å²) >= 11 is 6.05. The molecule has 3 aromatic carbocycles. The SMILES string of the molecule is COc1ccc(Cl)cc1NC(=O)[C@H](C)N1CCN(S(=O)(=O)c2ccc3ccccc3c2)CC1. The van der Waals surface area contributed by atoms with E-state index in [0.29, 0.717) is 42.6 Å². The van der Waals surface area contributed by atoms with Crippen LogP contribution in [0.15, 0.2) is 65.6 Å². The van der Waals surface area contributed by atoms with Crippen LogP contribution >= 0.6 is 11.6 Å². The number of ether oxygens (including phenoxy) is 1. The van der Waals surface area contributed by atoms with Crippen LogP contribution in [0.2, 0.25) is 5.02 Å². The highest BCUT2D eigenvalue weighted by Crippen LogP contribution is 2.28. The van der Waals surface area contributed by atoms with Gasteiger partial charge in [0.05, 0.1) is 23.7 Å². The number of amides is 1. The van der Waals surface area contributed by atoms with Gasteiger partial charge in [-0.2, -0.15) is 4.31 Å². The Bertz CT molecular complexity index is 1270. The van der Waals surface area contributed by atoms with Crippen molar-refractivity contribution < 1.29 is 17.9 Å². The van der Waals surface area contributed by atoms with Gasteiger partial charge in [0, 0.05) is 31.2 Å². The minimum Gasteiger partial charge on any atom is -0.495 e. The van der Waals surface area contributed by atoms with Crippen LogP contribution in [0.25, 0.3) is 10.8 Å². The Kier molecular flexibility index (Phi) is 6.90. The summed E-state index contributed by atoms with van der Waals surface area (Å²) in [6, 6.07) is 17.4. The molecule has 0 aromatic heterocycles. The summed E-state index contributed by atoms with van der Waals surface area (Å²) in [5.74, 6) is 0.313. The number of carbonyl (C=O) groups is 1. The molecule has 174 valence electrons. The number of rotatable bonds is 6. The third kappa shape index (κ3) is 4.99. The van der Waals surface area contributed by atoms with Gasteiger partial charge in [0.15, 0.2) is 0 Å². The maximum atomic E-state index is 13.2. The Balaban J connectivity index is 1.41. The monoisotopic (exact) mass is 487 g/mol. The van der Waals surface area contributed by atoms with E-state index in [2.05, 4.69) is 5.32 Å². The number of hydrogen-bond donors (Lipinski definition) is 1. The van der Waals surface area contributed by atoms with Crippen molar-refractivity contribution >= 4 is 44.0 Å². The maximum absolute atomic E-state index is 13.2. The summed E-state index contributed by atoms with van der Waals surface area (Å²) in [5.41, 5.74) is 0.499. The molecular weight excluding hydrogens is 462 g/mol. The third-order valence-corrected chi connectivity index (χ3v) is 8.11. The van der Waals surface area contributed by atoms with E-state index in [1.165, 1.54) is 11.4 Å². The first kappa shape index (κ1) is 23.5. The third-order valence-electron chi connectivity index (χ3n) is 5.98. The van der Waals surface area contributed by atoms with E-state index in [1.54, 1.807) is 37.3 Å². The average Bonchev–Trinajstić information content (AvgIpc) is 2.83. The van der Waals surface area contributed by atoms with Crippen LogP contribution in [0.4, 0.5) is 5.69 Å². The molecular formula is C24H26ClN3O4S. The average molecular weight is 488 g/mol. The lowest BCUT2D eigenvalue weighted by Crippen LogP contribution is -2.53. The molecule has 1 amide bonds. The summed E-state index contributed by atoms with van der Waals surface area (Å²) in [5, 5.41) is 5.24. The summed E-state index contributed by atoms with van der Waals surface area (Å²) in [7, 11) is -2.08. The molecule has 1 atom stereocenters. The van der Waals surface area contributed by atoms with Crippen molar-refractivity contribution in [1.29, 1.82) is 0 Å². The maximum Gasteiger partial charge on any atom is 0.243 e. The number of halogens is 1. The van der Waals surface area contributed by atoms with Gasteiger partial charge in [-0.25, -0.2) is 8.42 Å². The molecule has 0 radical (unpaired) electrons. The van der Waals surface area contributed by atoms with Gasteiger partial charge in [0.25, 0.3) is 0 Å². The molecule has 0 unspecified atom stereocenters. The Morgan fingerprint density at radius 2 is 1.70 bits per heavy atom. The fraction of sp³-hybridized carbons (Fsp3) is 0.292. The molecule has 0 spiro atoms. The summed E-state index contributed by atoms with van der Waals surface area (Å²) < 4.78 is 33.1. The predicted octanol–water partition coefficient (Wildman–Crippen LogP) is 3.84. The molecule has 7 nitrogen and oxygen atoms in total. The lowest BCUT2D eigenvalue weighted by atomic mass is 10.1. The standard InChI is InChI=1S/C24H26ClN3O4S/c1-17(24(29)26-22-16-20(25)8-10-23(22)32-2)27-11-13-28(14-12-27)33(30,31)21-9-7-18-5-3-4-6-19(18)15-21/h3-10,15-17H,11-14H2,1-2H3,(H,26,29)/t17-/m0/s1. The molecule has 1 saturated heterocycles. The smallest absolute Gasteiger partial charge is 0.243 e. The predicted molar refractivity (Wildman–Crippen MR) is 130 cm³/mol. The van der Waals surface area contributed by atoms with Crippen LogP contribution < -0.4 is 10.1 Å². The van der Waals surface area contributed by atoms with Crippen molar-refractivity contribution in [3.8, 4) is 5.75 Å². The van der Waals surface area contributed by atoms with Gasteiger partial charge in [-0.1, -0.05) is 41.9 Å². The van der Waals surface area contributed by atoms with E-state index in [4.69, 9.17) is 16.3 Å². The lowest BCUT2D eigenvalue weighted by molar-refractivity contribution is -0.121. The van der Waals surface area contributed by atoms with Gasteiger partial charge in [-0.15, -0.1) is 0 Å². The van der Waals surface area contributed by atoms with Gasteiger partial charge < -0.3 is 10.1 Å². The molecule has 0 bridgehead atoms. The number of methoxy groups -OCH3 is 1. The fourth-order valence-electron chi connectivity index (χ4n) is 3.99. The zero-order chi connectivity index (χ0) is 23.6.